The van der Waals surface area contributed by atoms with Crippen LogP contribution in [0.25, 0.3) is 0 Å². The van der Waals surface area contributed by atoms with Crippen LogP contribution in [-0.4, -0.2) is 35.1 Å². The molecular formula is C14H22N2O3S. The minimum Gasteiger partial charge on any atom is -0.480 e. The van der Waals surface area contributed by atoms with E-state index in [2.05, 4.69) is 12.2 Å². The van der Waals surface area contributed by atoms with Gasteiger partial charge in [0.1, 0.15) is 6.54 Å². The molecule has 0 saturated heterocycles. The van der Waals surface area contributed by atoms with Gasteiger partial charge in [0.15, 0.2) is 0 Å². The summed E-state index contributed by atoms with van der Waals surface area (Å²) in [7, 11) is 0. The van der Waals surface area contributed by atoms with Crippen molar-refractivity contribution >= 4 is 23.3 Å². The van der Waals surface area contributed by atoms with E-state index < -0.39 is 5.97 Å². The molecule has 0 aromatic carbocycles. The van der Waals surface area contributed by atoms with Crippen molar-refractivity contribution in [2.45, 2.75) is 39.2 Å². The van der Waals surface area contributed by atoms with Crippen molar-refractivity contribution < 1.29 is 14.7 Å². The summed E-state index contributed by atoms with van der Waals surface area (Å²) in [6.07, 6.45) is 2.53. The van der Waals surface area contributed by atoms with E-state index in [0.29, 0.717) is 6.54 Å². The predicted molar refractivity (Wildman–Crippen MR) is 80.0 cm³/mol. The van der Waals surface area contributed by atoms with Crippen LogP contribution in [-0.2, 0) is 4.79 Å². The minimum absolute atomic E-state index is 0.0411. The van der Waals surface area contributed by atoms with Crippen molar-refractivity contribution in [2.24, 2.45) is 0 Å². The van der Waals surface area contributed by atoms with Crippen molar-refractivity contribution in [1.29, 1.82) is 0 Å². The smallest absolute Gasteiger partial charge is 0.323 e. The number of rotatable bonds is 8. The molecule has 1 unspecified atom stereocenters. The molecule has 1 aromatic rings. The molecule has 1 aromatic heterocycles. The number of hydrogen-bond acceptors (Lipinski definition) is 3. The third-order valence-corrected chi connectivity index (χ3v) is 3.85. The first-order chi connectivity index (χ1) is 9.58. The maximum atomic E-state index is 12.2. The zero-order valence-electron chi connectivity index (χ0n) is 12.0. The molecular weight excluding hydrogens is 276 g/mol. The predicted octanol–water partition coefficient (Wildman–Crippen LogP) is 3.10. The lowest BCUT2D eigenvalue weighted by molar-refractivity contribution is -0.137. The fraction of sp³-hybridized carbons (Fsp3) is 0.571. The van der Waals surface area contributed by atoms with E-state index in [1.807, 2.05) is 24.4 Å². The molecule has 0 bridgehead atoms. The third kappa shape index (κ3) is 5.21. The van der Waals surface area contributed by atoms with Crippen LogP contribution in [0.15, 0.2) is 17.5 Å². The Balaban J connectivity index is 2.70. The van der Waals surface area contributed by atoms with Crippen LogP contribution in [0.4, 0.5) is 4.79 Å². The highest BCUT2D eigenvalue weighted by molar-refractivity contribution is 7.10. The topological polar surface area (TPSA) is 69.6 Å². The Morgan fingerprint density at radius 1 is 1.40 bits per heavy atom. The first-order valence-corrected chi connectivity index (χ1v) is 7.77. The Labute approximate surface area is 123 Å². The molecule has 2 N–H and O–H groups in total. The van der Waals surface area contributed by atoms with Gasteiger partial charge in [0.05, 0.1) is 6.04 Å². The average molecular weight is 298 g/mol. The molecule has 0 spiro atoms. The maximum Gasteiger partial charge on any atom is 0.323 e. The highest BCUT2D eigenvalue weighted by Crippen LogP contribution is 2.23. The molecule has 5 nitrogen and oxygen atoms in total. The molecule has 6 heteroatoms. The number of thiophene rings is 1. The zero-order chi connectivity index (χ0) is 15.0. The quantitative estimate of drug-likeness (QED) is 0.775. The molecule has 20 heavy (non-hydrogen) atoms. The molecule has 0 aliphatic carbocycles. The number of amides is 2. The van der Waals surface area contributed by atoms with E-state index in [1.54, 1.807) is 11.3 Å². The molecule has 1 rings (SSSR count). The Morgan fingerprint density at radius 3 is 2.65 bits per heavy atom. The van der Waals surface area contributed by atoms with Gasteiger partial charge in [-0.2, -0.15) is 0 Å². The highest BCUT2D eigenvalue weighted by Gasteiger charge is 2.20. The highest BCUT2D eigenvalue weighted by atomic mass is 32.1. The second-order valence-electron chi connectivity index (χ2n) is 4.62. The Bertz CT molecular complexity index is 420. The van der Waals surface area contributed by atoms with Gasteiger partial charge in [0, 0.05) is 11.4 Å². The van der Waals surface area contributed by atoms with E-state index in [4.69, 9.17) is 5.11 Å². The molecule has 1 heterocycles. The second kappa shape index (κ2) is 8.58. The van der Waals surface area contributed by atoms with Gasteiger partial charge in [-0.25, -0.2) is 4.79 Å². The number of carbonyl (C=O) groups excluding carboxylic acids is 1. The van der Waals surface area contributed by atoms with Gasteiger partial charge in [-0.15, -0.1) is 11.3 Å². The van der Waals surface area contributed by atoms with Gasteiger partial charge in [-0.3, -0.25) is 4.79 Å². The Hall–Kier alpha value is -1.56. The van der Waals surface area contributed by atoms with Crippen LogP contribution in [0.5, 0.6) is 0 Å². The lowest BCUT2D eigenvalue weighted by Crippen LogP contribution is -2.44. The number of carboxylic acids is 1. The van der Waals surface area contributed by atoms with Crippen molar-refractivity contribution in [3.63, 3.8) is 0 Å². The van der Waals surface area contributed by atoms with Crippen LogP contribution in [0, 0.1) is 0 Å². The molecule has 2 amide bonds. The zero-order valence-corrected chi connectivity index (χ0v) is 12.8. The molecule has 0 aliphatic rings. The molecule has 112 valence electrons. The number of nitrogens with zero attached hydrogens (tertiary/aromatic N) is 1. The summed E-state index contributed by atoms with van der Waals surface area (Å²) in [5.74, 6) is -0.989. The number of nitrogens with one attached hydrogen (secondary N) is 1. The average Bonchev–Trinajstić information content (AvgIpc) is 2.91. The van der Waals surface area contributed by atoms with Gasteiger partial charge < -0.3 is 15.3 Å². The van der Waals surface area contributed by atoms with Crippen LogP contribution < -0.4 is 5.32 Å². The lowest BCUT2D eigenvalue weighted by Gasteiger charge is -2.24. The summed E-state index contributed by atoms with van der Waals surface area (Å²) in [6, 6.07) is 3.60. The standard InChI is InChI=1S/C14H22N2O3S/c1-3-6-11(12-7-5-9-20-12)15-14(19)16(8-4-2)10-13(17)18/h5,7,9,11H,3-4,6,8,10H2,1-2H3,(H,15,19)(H,17,18). The van der Waals surface area contributed by atoms with E-state index in [9.17, 15) is 9.59 Å². The Morgan fingerprint density at radius 2 is 2.15 bits per heavy atom. The summed E-state index contributed by atoms with van der Waals surface area (Å²) in [5, 5.41) is 13.8. The van der Waals surface area contributed by atoms with Gasteiger partial charge in [0.25, 0.3) is 0 Å². The lowest BCUT2D eigenvalue weighted by atomic mass is 10.1. The van der Waals surface area contributed by atoms with E-state index in [-0.39, 0.29) is 18.6 Å². The van der Waals surface area contributed by atoms with Crippen molar-refractivity contribution in [2.75, 3.05) is 13.1 Å². The van der Waals surface area contributed by atoms with Crippen molar-refractivity contribution in [3.05, 3.63) is 22.4 Å². The SMILES string of the molecule is CCCC(NC(=O)N(CCC)CC(=O)O)c1cccs1. The summed E-state index contributed by atoms with van der Waals surface area (Å²) in [5.41, 5.74) is 0. The van der Waals surface area contributed by atoms with Crippen LogP contribution in [0.1, 0.15) is 44.0 Å². The van der Waals surface area contributed by atoms with Crippen LogP contribution in [0.2, 0.25) is 0 Å². The molecule has 0 radical (unpaired) electrons. The van der Waals surface area contributed by atoms with Crippen molar-refractivity contribution in [1.82, 2.24) is 10.2 Å². The second-order valence-corrected chi connectivity index (χ2v) is 5.60. The summed E-state index contributed by atoms with van der Waals surface area (Å²) in [6.45, 7) is 4.17. The van der Waals surface area contributed by atoms with Gasteiger partial charge in [-0.05, 0) is 24.3 Å². The summed E-state index contributed by atoms with van der Waals surface area (Å²) < 4.78 is 0. The fourth-order valence-electron chi connectivity index (χ4n) is 1.99. The number of aliphatic carboxylic acids is 1. The first kappa shape index (κ1) is 16.5. The maximum absolute atomic E-state index is 12.2. The largest absolute Gasteiger partial charge is 0.480 e. The summed E-state index contributed by atoms with van der Waals surface area (Å²) >= 11 is 1.60. The minimum atomic E-state index is -0.989. The molecule has 0 fully saturated rings. The monoisotopic (exact) mass is 298 g/mol. The summed E-state index contributed by atoms with van der Waals surface area (Å²) in [4.78, 5) is 25.5. The van der Waals surface area contributed by atoms with E-state index in [0.717, 1.165) is 24.1 Å². The van der Waals surface area contributed by atoms with E-state index in [1.165, 1.54) is 4.90 Å². The van der Waals surface area contributed by atoms with Gasteiger partial charge in [0.2, 0.25) is 0 Å². The van der Waals surface area contributed by atoms with Crippen molar-refractivity contribution in [3.8, 4) is 0 Å². The number of carbonyl (C=O) groups is 2. The molecule has 1 atom stereocenters. The molecule has 0 saturated carbocycles. The Kier molecular flexibility index (Phi) is 7.08. The van der Waals surface area contributed by atoms with Gasteiger partial charge in [-0.1, -0.05) is 26.3 Å². The number of hydrogen-bond donors (Lipinski definition) is 2. The fourth-order valence-corrected chi connectivity index (χ4v) is 2.80. The van der Waals surface area contributed by atoms with Crippen LogP contribution in [0.3, 0.4) is 0 Å². The van der Waals surface area contributed by atoms with Crippen LogP contribution >= 0.6 is 11.3 Å². The normalized spacial score (nSPS) is 11.9. The number of urea groups is 1. The third-order valence-electron chi connectivity index (χ3n) is 2.87. The number of carboxylic acid groups (broad SMARTS) is 1. The first-order valence-electron chi connectivity index (χ1n) is 6.89. The van der Waals surface area contributed by atoms with Gasteiger partial charge >= 0.3 is 12.0 Å². The van der Waals surface area contributed by atoms with E-state index >= 15 is 0 Å². The molecule has 0 aliphatic heterocycles.